The molecule has 0 amide bonds. The minimum Gasteiger partial charge on any atom is -0.370 e. The minimum absolute atomic E-state index is 0.599. The standard InChI is InChI=1S/C15H26N4/c1-4-16-15-14(7-5-8-17-15)12-19-10-6-9-18(3)11-13(19)2/h5,7-8,13H,4,6,9-12H2,1-3H3,(H,16,17). The first-order valence-corrected chi connectivity index (χ1v) is 7.31. The zero-order chi connectivity index (χ0) is 13.7. The molecule has 0 spiro atoms. The van der Waals surface area contributed by atoms with E-state index in [2.05, 4.69) is 47.1 Å². The van der Waals surface area contributed by atoms with Crippen LogP contribution in [0.3, 0.4) is 0 Å². The van der Waals surface area contributed by atoms with Crippen LogP contribution in [0.25, 0.3) is 0 Å². The van der Waals surface area contributed by atoms with E-state index in [1.807, 2.05) is 12.3 Å². The van der Waals surface area contributed by atoms with Gasteiger partial charge < -0.3 is 10.2 Å². The molecule has 106 valence electrons. The Morgan fingerprint density at radius 2 is 2.26 bits per heavy atom. The lowest BCUT2D eigenvalue weighted by Gasteiger charge is -2.28. The van der Waals surface area contributed by atoms with Crippen molar-refractivity contribution >= 4 is 5.82 Å². The third-order valence-corrected chi connectivity index (χ3v) is 3.79. The predicted molar refractivity (Wildman–Crippen MR) is 80.4 cm³/mol. The number of pyridine rings is 1. The molecule has 4 heteroatoms. The van der Waals surface area contributed by atoms with E-state index in [1.165, 1.54) is 25.1 Å². The first kappa shape index (κ1) is 14.3. The summed E-state index contributed by atoms with van der Waals surface area (Å²) in [6.45, 7) is 9.87. The van der Waals surface area contributed by atoms with Crippen molar-refractivity contribution in [2.45, 2.75) is 32.9 Å². The second kappa shape index (κ2) is 6.87. The average molecular weight is 262 g/mol. The number of hydrogen-bond acceptors (Lipinski definition) is 4. The smallest absolute Gasteiger partial charge is 0.130 e. The maximum Gasteiger partial charge on any atom is 0.130 e. The van der Waals surface area contributed by atoms with E-state index >= 15 is 0 Å². The van der Waals surface area contributed by atoms with Crippen LogP contribution in [0.15, 0.2) is 18.3 Å². The van der Waals surface area contributed by atoms with Gasteiger partial charge in [-0.2, -0.15) is 0 Å². The van der Waals surface area contributed by atoms with Crippen LogP contribution in [-0.2, 0) is 6.54 Å². The van der Waals surface area contributed by atoms with Crippen LogP contribution in [0.1, 0.15) is 25.8 Å². The number of nitrogens with zero attached hydrogens (tertiary/aromatic N) is 3. The first-order valence-electron chi connectivity index (χ1n) is 7.31. The first-order chi connectivity index (χ1) is 9.20. The van der Waals surface area contributed by atoms with Crippen LogP contribution in [0.2, 0.25) is 0 Å². The van der Waals surface area contributed by atoms with Gasteiger partial charge in [0.25, 0.3) is 0 Å². The molecule has 1 N–H and O–H groups in total. The molecule has 2 heterocycles. The van der Waals surface area contributed by atoms with Gasteiger partial charge in [-0.25, -0.2) is 4.98 Å². The van der Waals surface area contributed by atoms with Gasteiger partial charge in [-0.05, 0) is 39.9 Å². The molecule has 1 aromatic heterocycles. The molecule has 0 radical (unpaired) electrons. The van der Waals surface area contributed by atoms with E-state index in [1.54, 1.807) is 0 Å². The van der Waals surface area contributed by atoms with Crippen LogP contribution in [0.5, 0.6) is 0 Å². The molecule has 0 aromatic carbocycles. The summed E-state index contributed by atoms with van der Waals surface area (Å²) in [4.78, 5) is 9.45. The van der Waals surface area contributed by atoms with Gasteiger partial charge >= 0.3 is 0 Å². The zero-order valence-corrected chi connectivity index (χ0v) is 12.4. The second-order valence-electron chi connectivity index (χ2n) is 5.48. The highest BCUT2D eigenvalue weighted by Gasteiger charge is 2.20. The Kier molecular flexibility index (Phi) is 5.16. The summed E-state index contributed by atoms with van der Waals surface area (Å²) >= 11 is 0. The Morgan fingerprint density at radius 3 is 3.05 bits per heavy atom. The summed E-state index contributed by atoms with van der Waals surface area (Å²) in [5.41, 5.74) is 1.31. The molecule has 1 fully saturated rings. The van der Waals surface area contributed by atoms with Gasteiger partial charge in [0.05, 0.1) is 0 Å². The lowest BCUT2D eigenvalue weighted by Crippen LogP contribution is -2.37. The fourth-order valence-electron chi connectivity index (χ4n) is 2.77. The molecule has 0 aliphatic carbocycles. The molecule has 1 saturated heterocycles. The highest BCUT2D eigenvalue weighted by atomic mass is 15.2. The summed E-state index contributed by atoms with van der Waals surface area (Å²) in [7, 11) is 2.22. The summed E-state index contributed by atoms with van der Waals surface area (Å²) in [6.07, 6.45) is 3.11. The maximum atomic E-state index is 4.45. The number of nitrogens with one attached hydrogen (secondary N) is 1. The highest BCUT2D eigenvalue weighted by molar-refractivity contribution is 5.43. The van der Waals surface area contributed by atoms with Crippen LogP contribution in [0.4, 0.5) is 5.82 Å². The number of likely N-dealkylation sites (N-methyl/N-ethyl adjacent to an activating group) is 1. The normalized spacial score (nSPS) is 22.2. The van der Waals surface area contributed by atoms with E-state index < -0.39 is 0 Å². The van der Waals surface area contributed by atoms with E-state index in [4.69, 9.17) is 0 Å². The molecule has 1 aliphatic heterocycles. The molecule has 1 atom stereocenters. The van der Waals surface area contributed by atoms with E-state index in [0.29, 0.717) is 6.04 Å². The SMILES string of the molecule is CCNc1ncccc1CN1CCCN(C)CC1C. The van der Waals surface area contributed by atoms with E-state index in [0.717, 1.165) is 25.5 Å². The lowest BCUT2D eigenvalue weighted by atomic mass is 10.2. The molecule has 1 aromatic rings. The molecular formula is C15H26N4. The van der Waals surface area contributed by atoms with Crippen molar-refractivity contribution < 1.29 is 0 Å². The predicted octanol–water partition coefficient (Wildman–Crippen LogP) is 2.04. The van der Waals surface area contributed by atoms with Crippen molar-refractivity contribution in [3.05, 3.63) is 23.9 Å². The van der Waals surface area contributed by atoms with Gasteiger partial charge in [-0.3, -0.25) is 4.90 Å². The Bertz CT molecular complexity index is 393. The number of anilines is 1. The summed E-state index contributed by atoms with van der Waals surface area (Å²) in [5.74, 6) is 1.04. The van der Waals surface area contributed by atoms with Crippen molar-refractivity contribution in [2.24, 2.45) is 0 Å². The Morgan fingerprint density at radius 1 is 1.42 bits per heavy atom. The monoisotopic (exact) mass is 262 g/mol. The van der Waals surface area contributed by atoms with Crippen LogP contribution in [-0.4, -0.2) is 54.1 Å². The molecule has 1 aliphatic rings. The Balaban J connectivity index is 2.07. The van der Waals surface area contributed by atoms with Crippen LogP contribution >= 0.6 is 0 Å². The Hall–Kier alpha value is -1.13. The zero-order valence-electron chi connectivity index (χ0n) is 12.4. The molecule has 19 heavy (non-hydrogen) atoms. The molecule has 0 saturated carbocycles. The summed E-state index contributed by atoms with van der Waals surface area (Å²) in [6, 6.07) is 4.82. The third-order valence-electron chi connectivity index (χ3n) is 3.79. The van der Waals surface area contributed by atoms with E-state index in [-0.39, 0.29) is 0 Å². The van der Waals surface area contributed by atoms with Crippen molar-refractivity contribution in [2.75, 3.05) is 38.5 Å². The van der Waals surface area contributed by atoms with Crippen LogP contribution < -0.4 is 5.32 Å². The van der Waals surface area contributed by atoms with Crippen LogP contribution in [0, 0.1) is 0 Å². The van der Waals surface area contributed by atoms with Gasteiger partial charge in [0.2, 0.25) is 0 Å². The molecular weight excluding hydrogens is 236 g/mol. The topological polar surface area (TPSA) is 31.4 Å². The van der Waals surface area contributed by atoms with Gasteiger partial charge in [-0.1, -0.05) is 6.07 Å². The third kappa shape index (κ3) is 3.91. The largest absolute Gasteiger partial charge is 0.370 e. The van der Waals surface area contributed by atoms with Crippen molar-refractivity contribution in [1.82, 2.24) is 14.8 Å². The second-order valence-corrected chi connectivity index (χ2v) is 5.48. The fraction of sp³-hybridized carbons (Fsp3) is 0.667. The summed E-state index contributed by atoms with van der Waals surface area (Å²) in [5, 5.41) is 3.36. The minimum atomic E-state index is 0.599. The van der Waals surface area contributed by atoms with Crippen molar-refractivity contribution in [3.63, 3.8) is 0 Å². The van der Waals surface area contributed by atoms with Crippen molar-refractivity contribution in [3.8, 4) is 0 Å². The number of hydrogen-bond donors (Lipinski definition) is 1. The van der Waals surface area contributed by atoms with Gasteiger partial charge in [-0.15, -0.1) is 0 Å². The van der Waals surface area contributed by atoms with Crippen molar-refractivity contribution in [1.29, 1.82) is 0 Å². The quantitative estimate of drug-likeness (QED) is 0.900. The summed E-state index contributed by atoms with van der Waals surface area (Å²) < 4.78 is 0. The molecule has 2 rings (SSSR count). The highest BCUT2D eigenvalue weighted by Crippen LogP contribution is 2.17. The van der Waals surface area contributed by atoms with E-state index in [9.17, 15) is 0 Å². The number of rotatable bonds is 4. The van der Waals surface area contributed by atoms with Gasteiger partial charge in [0.15, 0.2) is 0 Å². The van der Waals surface area contributed by atoms with Gasteiger partial charge in [0.1, 0.15) is 5.82 Å². The molecule has 0 bridgehead atoms. The lowest BCUT2D eigenvalue weighted by molar-refractivity contribution is 0.195. The number of aromatic nitrogens is 1. The molecule has 4 nitrogen and oxygen atoms in total. The average Bonchev–Trinajstić information content (AvgIpc) is 2.54. The Labute approximate surface area is 116 Å². The fourth-order valence-corrected chi connectivity index (χ4v) is 2.77. The van der Waals surface area contributed by atoms with Gasteiger partial charge in [0, 0.05) is 44.0 Å². The maximum absolute atomic E-state index is 4.45. The molecule has 1 unspecified atom stereocenters.